The molecular weight excluding hydrogens is 243 g/mol. The maximum atomic E-state index is 12.9. The largest absolute Gasteiger partial charge is 0.207 e. The number of thiophene rings is 1. The standard InChI is InChI=1S/C16H17FS/c1-11(2)12(3)10-15-8-9-16(18-15)13-4-6-14(17)7-5-13/h4-9H,10H2,1-3H3. The van der Waals surface area contributed by atoms with Crippen molar-refractivity contribution in [2.75, 3.05) is 0 Å². The van der Waals surface area contributed by atoms with Crippen molar-refractivity contribution in [2.24, 2.45) is 0 Å². The highest BCUT2D eigenvalue weighted by molar-refractivity contribution is 7.15. The number of halogens is 1. The first kappa shape index (κ1) is 13.0. The van der Waals surface area contributed by atoms with Crippen molar-refractivity contribution < 1.29 is 4.39 Å². The fourth-order valence-corrected chi connectivity index (χ4v) is 2.78. The van der Waals surface area contributed by atoms with Gasteiger partial charge in [-0.25, -0.2) is 4.39 Å². The molecule has 0 bridgehead atoms. The van der Waals surface area contributed by atoms with Gasteiger partial charge in [0.1, 0.15) is 5.82 Å². The molecule has 1 aromatic heterocycles. The van der Waals surface area contributed by atoms with E-state index in [0.717, 1.165) is 12.0 Å². The zero-order valence-corrected chi connectivity index (χ0v) is 11.8. The molecular formula is C16H17FS. The molecule has 1 heterocycles. The van der Waals surface area contributed by atoms with E-state index in [0.29, 0.717) is 0 Å². The van der Waals surface area contributed by atoms with E-state index < -0.39 is 0 Å². The van der Waals surface area contributed by atoms with Gasteiger partial charge in [-0.2, -0.15) is 0 Å². The number of hydrogen-bond donors (Lipinski definition) is 0. The van der Waals surface area contributed by atoms with E-state index in [9.17, 15) is 4.39 Å². The van der Waals surface area contributed by atoms with Gasteiger partial charge in [-0.3, -0.25) is 0 Å². The molecule has 2 aromatic rings. The Morgan fingerprint density at radius 1 is 1.00 bits per heavy atom. The van der Waals surface area contributed by atoms with Crippen LogP contribution in [0.2, 0.25) is 0 Å². The minimum Gasteiger partial charge on any atom is -0.207 e. The third-order valence-electron chi connectivity index (χ3n) is 3.08. The topological polar surface area (TPSA) is 0 Å². The maximum Gasteiger partial charge on any atom is 0.123 e. The SMILES string of the molecule is CC(C)=C(C)Cc1ccc(-c2ccc(F)cc2)s1. The molecule has 0 unspecified atom stereocenters. The first-order chi connectivity index (χ1) is 8.56. The van der Waals surface area contributed by atoms with Gasteiger partial charge in [0, 0.05) is 16.2 Å². The van der Waals surface area contributed by atoms with Gasteiger partial charge >= 0.3 is 0 Å². The summed E-state index contributed by atoms with van der Waals surface area (Å²) in [6, 6.07) is 11.0. The van der Waals surface area contributed by atoms with Gasteiger partial charge in [-0.1, -0.05) is 23.3 Å². The van der Waals surface area contributed by atoms with Crippen LogP contribution in [0.15, 0.2) is 47.5 Å². The molecule has 2 rings (SSSR count). The Labute approximate surface area is 112 Å². The summed E-state index contributed by atoms with van der Waals surface area (Å²) in [7, 11) is 0. The molecule has 0 aliphatic heterocycles. The van der Waals surface area contributed by atoms with Gasteiger partial charge in [0.05, 0.1) is 0 Å². The molecule has 2 heteroatoms. The van der Waals surface area contributed by atoms with E-state index in [1.165, 1.54) is 33.0 Å². The van der Waals surface area contributed by atoms with Gasteiger partial charge in [-0.15, -0.1) is 11.3 Å². The van der Waals surface area contributed by atoms with Crippen molar-refractivity contribution in [1.82, 2.24) is 0 Å². The summed E-state index contributed by atoms with van der Waals surface area (Å²) < 4.78 is 12.9. The molecule has 0 saturated heterocycles. The highest BCUT2D eigenvalue weighted by Crippen LogP contribution is 2.29. The molecule has 0 saturated carbocycles. The van der Waals surface area contributed by atoms with Gasteiger partial charge < -0.3 is 0 Å². The van der Waals surface area contributed by atoms with Gasteiger partial charge in [-0.05, 0) is 50.6 Å². The summed E-state index contributed by atoms with van der Waals surface area (Å²) in [4.78, 5) is 2.56. The van der Waals surface area contributed by atoms with Gasteiger partial charge in [0.2, 0.25) is 0 Å². The highest BCUT2D eigenvalue weighted by atomic mass is 32.1. The highest BCUT2D eigenvalue weighted by Gasteiger charge is 2.04. The van der Waals surface area contributed by atoms with Crippen molar-refractivity contribution in [3.8, 4) is 10.4 Å². The molecule has 94 valence electrons. The number of allylic oxidation sites excluding steroid dienone is 2. The van der Waals surface area contributed by atoms with Crippen LogP contribution in [-0.2, 0) is 6.42 Å². The molecule has 18 heavy (non-hydrogen) atoms. The summed E-state index contributed by atoms with van der Waals surface area (Å²) in [5.41, 5.74) is 3.89. The summed E-state index contributed by atoms with van der Waals surface area (Å²) in [5, 5.41) is 0. The van der Waals surface area contributed by atoms with Gasteiger partial charge in [0.15, 0.2) is 0 Å². The molecule has 0 atom stereocenters. The number of rotatable bonds is 3. The van der Waals surface area contributed by atoms with Crippen LogP contribution in [0.5, 0.6) is 0 Å². The fraction of sp³-hybridized carbons (Fsp3) is 0.250. The maximum absolute atomic E-state index is 12.9. The van der Waals surface area contributed by atoms with Crippen LogP contribution >= 0.6 is 11.3 Å². The average Bonchev–Trinajstić information content (AvgIpc) is 2.78. The van der Waals surface area contributed by atoms with E-state index in [2.05, 4.69) is 32.9 Å². The van der Waals surface area contributed by atoms with E-state index in [1.807, 2.05) is 12.1 Å². The fourth-order valence-electron chi connectivity index (χ4n) is 1.68. The Hall–Kier alpha value is -1.41. The van der Waals surface area contributed by atoms with Crippen molar-refractivity contribution in [3.05, 3.63) is 58.2 Å². The second kappa shape index (κ2) is 5.49. The van der Waals surface area contributed by atoms with E-state index in [4.69, 9.17) is 0 Å². The second-order valence-corrected chi connectivity index (χ2v) is 5.90. The predicted molar refractivity (Wildman–Crippen MR) is 77.5 cm³/mol. The van der Waals surface area contributed by atoms with E-state index in [1.54, 1.807) is 11.3 Å². The Kier molecular flexibility index (Phi) is 3.97. The summed E-state index contributed by atoms with van der Waals surface area (Å²) in [5.74, 6) is -0.184. The lowest BCUT2D eigenvalue weighted by atomic mass is 10.1. The Bertz CT molecular complexity index is 557. The third kappa shape index (κ3) is 3.08. The van der Waals surface area contributed by atoms with Crippen molar-refractivity contribution in [1.29, 1.82) is 0 Å². The quantitative estimate of drug-likeness (QED) is 0.643. The smallest absolute Gasteiger partial charge is 0.123 e. The lowest BCUT2D eigenvalue weighted by Gasteiger charge is -2.01. The van der Waals surface area contributed by atoms with Crippen LogP contribution in [0.4, 0.5) is 4.39 Å². The predicted octanol–water partition coefficient (Wildman–Crippen LogP) is 5.45. The first-order valence-corrected chi connectivity index (χ1v) is 6.85. The van der Waals surface area contributed by atoms with Gasteiger partial charge in [0.25, 0.3) is 0 Å². The summed E-state index contributed by atoms with van der Waals surface area (Å²) in [6.45, 7) is 6.46. The molecule has 0 fully saturated rings. The minimum atomic E-state index is -0.184. The molecule has 0 N–H and O–H groups in total. The normalized spacial score (nSPS) is 10.4. The van der Waals surface area contributed by atoms with Crippen LogP contribution in [0.3, 0.4) is 0 Å². The van der Waals surface area contributed by atoms with Crippen molar-refractivity contribution >= 4 is 11.3 Å². The molecule has 0 radical (unpaired) electrons. The molecule has 1 aromatic carbocycles. The lowest BCUT2D eigenvalue weighted by molar-refractivity contribution is 0.628. The first-order valence-electron chi connectivity index (χ1n) is 6.04. The number of hydrogen-bond acceptors (Lipinski definition) is 1. The van der Waals surface area contributed by atoms with Crippen LogP contribution < -0.4 is 0 Å². The lowest BCUT2D eigenvalue weighted by Crippen LogP contribution is -1.84. The Morgan fingerprint density at radius 3 is 2.28 bits per heavy atom. The van der Waals surface area contributed by atoms with Crippen LogP contribution in [0, 0.1) is 5.82 Å². The van der Waals surface area contributed by atoms with Crippen molar-refractivity contribution in [3.63, 3.8) is 0 Å². The van der Waals surface area contributed by atoms with E-state index in [-0.39, 0.29) is 5.82 Å². The summed E-state index contributed by atoms with van der Waals surface area (Å²) in [6.07, 6.45) is 1.01. The molecule has 0 spiro atoms. The van der Waals surface area contributed by atoms with Crippen molar-refractivity contribution in [2.45, 2.75) is 27.2 Å². The minimum absolute atomic E-state index is 0.184. The average molecular weight is 260 g/mol. The third-order valence-corrected chi connectivity index (χ3v) is 4.22. The Morgan fingerprint density at radius 2 is 1.67 bits per heavy atom. The van der Waals surface area contributed by atoms with Crippen LogP contribution in [-0.4, -0.2) is 0 Å². The molecule has 0 aliphatic rings. The van der Waals surface area contributed by atoms with Crippen LogP contribution in [0.25, 0.3) is 10.4 Å². The molecule has 0 amide bonds. The zero-order valence-electron chi connectivity index (χ0n) is 11.0. The molecule has 0 aliphatic carbocycles. The summed E-state index contributed by atoms with van der Waals surface area (Å²) >= 11 is 1.78. The zero-order chi connectivity index (χ0) is 13.1. The number of benzene rings is 1. The Balaban J connectivity index is 2.20. The van der Waals surface area contributed by atoms with E-state index >= 15 is 0 Å². The monoisotopic (exact) mass is 260 g/mol. The molecule has 0 nitrogen and oxygen atoms in total. The van der Waals surface area contributed by atoms with Crippen LogP contribution in [0.1, 0.15) is 25.6 Å². The second-order valence-electron chi connectivity index (χ2n) is 4.73.